The standard InChI is InChI=1S/C16H18N4O4/c1-3-12-10-14(19(2)9-8-15(21)22)18-16(17-12)11-4-6-13(7-5-11)20(23)24/h4-7,10H,3,8-9H2,1-2H3,(H,21,22). The Morgan fingerprint density at radius 1 is 1.29 bits per heavy atom. The van der Waals surface area contributed by atoms with Crippen LogP contribution in [0.5, 0.6) is 0 Å². The molecule has 1 N–H and O–H groups in total. The second-order valence-electron chi connectivity index (χ2n) is 5.26. The number of benzene rings is 1. The lowest BCUT2D eigenvalue weighted by Gasteiger charge is -2.18. The predicted octanol–water partition coefficient (Wildman–Crippen LogP) is 2.53. The molecule has 0 amide bonds. The molecule has 0 aliphatic heterocycles. The highest BCUT2D eigenvalue weighted by molar-refractivity contribution is 5.67. The van der Waals surface area contributed by atoms with Gasteiger partial charge in [0.2, 0.25) is 0 Å². The van der Waals surface area contributed by atoms with E-state index in [9.17, 15) is 14.9 Å². The number of anilines is 1. The summed E-state index contributed by atoms with van der Waals surface area (Å²) in [4.78, 5) is 31.7. The molecule has 8 heteroatoms. The summed E-state index contributed by atoms with van der Waals surface area (Å²) >= 11 is 0. The van der Waals surface area contributed by atoms with Crippen LogP contribution < -0.4 is 4.90 Å². The molecule has 0 radical (unpaired) electrons. The van der Waals surface area contributed by atoms with Crippen molar-refractivity contribution in [3.8, 4) is 11.4 Å². The zero-order valence-electron chi connectivity index (χ0n) is 13.5. The van der Waals surface area contributed by atoms with Gasteiger partial charge in [-0.15, -0.1) is 0 Å². The molecule has 0 aliphatic rings. The zero-order valence-corrected chi connectivity index (χ0v) is 13.5. The summed E-state index contributed by atoms with van der Waals surface area (Å²) in [5, 5.41) is 19.5. The minimum absolute atomic E-state index is 0.00389. The van der Waals surface area contributed by atoms with Crippen molar-refractivity contribution in [2.75, 3.05) is 18.5 Å². The van der Waals surface area contributed by atoms with E-state index >= 15 is 0 Å². The van der Waals surface area contributed by atoms with Gasteiger partial charge < -0.3 is 10.0 Å². The number of aryl methyl sites for hydroxylation is 1. The Hall–Kier alpha value is -3.03. The van der Waals surface area contributed by atoms with E-state index in [2.05, 4.69) is 9.97 Å². The fourth-order valence-corrected chi connectivity index (χ4v) is 2.10. The van der Waals surface area contributed by atoms with E-state index in [1.807, 2.05) is 13.0 Å². The van der Waals surface area contributed by atoms with Crippen LogP contribution in [0.4, 0.5) is 11.5 Å². The second kappa shape index (κ2) is 7.49. The van der Waals surface area contributed by atoms with Gasteiger partial charge in [0.1, 0.15) is 5.82 Å². The molecule has 1 heterocycles. The zero-order chi connectivity index (χ0) is 17.7. The van der Waals surface area contributed by atoms with Crippen LogP contribution in [0.2, 0.25) is 0 Å². The Morgan fingerprint density at radius 3 is 2.50 bits per heavy atom. The van der Waals surface area contributed by atoms with Crippen molar-refractivity contribution < 1.29 is 14.8 Å². The van der Waals surface area contributed by atoms with Gasteiger partial charge in [-0.1, -0.05) is 6.92 Å². The molecule has 1 aromatic heterocycles. The van der Waals surface area contributed by atoms with E-state index in [0.29, 0.717) is 30.2 Å². The monoisotopic (exact) mass is 330 g/mol. The lowest BCUT2D eigenvalue weighted by atomic mass is 10.2. The maximum absolute atomic E-state index is 10.7. The molecule has 0 atom stereocenters. The summed E-state index contributed by atoms with van der Waals surface area (Å²) in [5.74, 6) is 0.208. The summed E-state index contributed by atoms with van der Waals surface area (Å²) in [6.07, 6.45) is 0.705. The Labute approximate surface area is 138 Å². The molecular formula is C16H18N4O4. The van der Waals surface area contributed by atoms with E-state index in [0.717, 1.165) is 5.69 Å². The van der Waals surface area contributed by atoms with Gasteiger partial charge in [-0.2, -0.15) is 0 Å². The molecule has 1 aromatic carbocycles. The van der Waals surface area contributed by atoms with Gasteiger partial charge in [-0.3, -0.25) is 14.9 Å². The number of rotatable bonds is 7. The number of nitro groups is 1. The summed E-state index contributed by atoms with van der Waals surface area (Å²) in [6.45, 7) is 2.29. The first kappa shape index (κ1) is 17.3. The van der Waals surface area contributed by atoms with Gasteiger partial charge in [0.15, 0.2) is 5.82 Å². The van der Waals surface area contributed by atoms with Gasteiger partial charge in [-0.05, 0) is 18.6 Å². The molecule has 8 nitrogen and oxygen atoms in total. The predicted molar refractivity (Wildman–Crippen MR) is 89.0 cm³/mol. The average molecular weight is 330 g/mol. The van der Waals surface area contributed by atoms with Gasteiger partial charge in [0.25, 0.3) is 5.69 Å². The Balaban J connectivity index is 2.34. The molecule has 0 bridgehead atoms. The molecule has 0 unspecified atom stereocenters. The number of non-ortho nitro benzene ring substituents is 1. The summed E-state index contributed by atoms with van der Waals surface area (Å²) in [6, 6.07) is 7.84. The molecule has 0 aliphatic carbocycles. The molecule has 126 valence electrons. The number of aromatic nitrogens is 2. The van der Waals surface area contributed by atoms with E-state index in [4.69, 9.17) is 5.11 Å². The molecule has 0 saturated carbocycles. The first-order valence-electron chi connectivity index (χ1n) is 7.46. The normalized spacial score (nSPS) is 10.4. The van der Waals surface area contributed by atoms with Crippen molar-refractivity contribution in [3.63, 3.8) is 0 Å². The SMILES string of the molecule is CCc1cc(N(C)CCC(=O)O)nc(-c2ccc([N+](=O)[O-])cc2)n1. The van der Waals surface area contributed by atoms with E-state index in [-0.39, 0.29) is 12.1 Å². The van der Waals surface area contributed by atoms with E-state index in [1.165, 1.54) is 12.1 Å². The maximum Gasteiger partial charge on any atom is 0.305 e. The maximum atomic E-state index is 10.7. The minimum atomic E-state index is -0.873. The number of hydrogen-bond acceptors (Lipinski definition) is 6. The van der Waals surface area contributed by atoms with Crippen LogP contribution in [0, 0.1) is 10.1 Å². The van der Waals surface area contributed by atoms with Gasteiger partial charge in [-0.25, -0.2) is 9.97 Å². The topological polar surface area (TPSA) is 109 Å². The van der Waals surface area contributed by atoms with Crippen LogP contribution in [0.25, 0.3) is 11.4 Å². The largest absolute Gasteiger partial charge is 0.481 e. The lowest BCUT2D eigenvalue weighted by Crippen LogP contribution is -2.22. The molecule has 0 saturated heterocycles. The summed E-state index contributed by atoms with van der Waals surface area (Å²) < 4.78 is 0. The fraction of sp³-hybridized carbons (Fsp3) is 0.312. The second-order valence-corrected chi connectivity index (χ2v) is 5.26. The lowest BCUT2D eigenvalue weighted by molar-refractivity contribution is -0.384. The van der Waals surface area contributed by atoms with Crippen LogP contribution in [0.1, 0.15) is 19.0 Å². The van der Waals surface area contributed by atoms with Crippen LogP contribution in [-0.4, -0.2) is 39.6 Å². The molecule has 2 aromatic rings. The average Bonchev–Trinajstić information content (AvgIpc) is 2.59. The molecule has 0 spiro atoms. The van der Waals surface area contributed by atoms with Crippen LogP contribution >= 0.6 is 0 Å². The van der Waals surface area contributed by atoms with Crippen LogP contribution in [-0.2, 0) is 11.2 Å². The Bertz CT molecular complexity index is 746. The first-order chi connectivity index (χ1) is 11.4. The number of nitro benzene ring substituents is 1. The number of hydrogen-bond donors (Lipinski definition) is 1. The smallest absolute Gasteiger partial charge is 0.305 e. The summed E-state index contributed by atoms with van der Waals surface area (Å²) in [7, 11) is 1.77. The first-order valence-corrected chi connectivity index (χ1v) is 7.46. The van der Waals surface area contributed by atoms with Crippen LogP contribution in [0.3, 0.4) is 0 Å². The number of carbonyl (C=O) groups is 1. The number of carboxylic acids is 1. The van der Waals surface area contributed by atoms with Crippen molar-refractivity contribution >= 4 is 17.5 Å². The molecular weight excluding hydrogens is 312 g/mol. The van der Waals surface area contributed by atoms with E-state index < -0.39 is 10.9 Å². The van der Waals surface area contributed by atoms with Crippen molar-refractivity contribution in [1.29, 1.82) is 0 Å². The van der Waals surface area contributed by atoms with Gasteiger partial charge >= 0.3 is 5.97 Å². The van der Waals surface area contributed by atoms with E-state index in [1.54, 1.807) is 24.1 Å². The number of carboxylic acid groups (broad SMARTS) is 1. The van der Waals surface area contributed by atoms with Crippen molar-refractivity contribution in [1.82, 2.24) is 9.97 Å². The van der Waals surface area contributed by atoms with Gasteiger partial charge in [0, 0.05) is 43.0 Å². The quantitative estimate of drug-likeness (QED) is 0.613. The Kier molecular flexibility index (Phi) is 5.41. The third-order valence-electron chi connectivity index (χ3n) is 3.52. The van der Waals surface area contributed by atoms with Crippen molar-refractivity contribution in [3.05, 3.63) is 46.1 Å². The highest BCUT2D eigenvalue weighted by atomic mass is 16.6. The summed E-state index contributed by atoms with van der Waals surface area (Å²) in [5.41, 5.74) is 1.49. The fourth-order valence-electron chi connectivity index (χ4n) is 2.10. The molecule has 24 heavy (non-hydrogen) atoms. The third-order valence-corrected chi connectivity index (χ3v) is 3.52. The highest BCUT2D eigenvalue weighted by Gasteiger charge is 2.12. The third kappa shape index (κ3) is 4.25. The molecule has 2 rings (SSSR count). The number of nitrogens with zero attached hydrogens (tertiary/aromatic N) is 4. The molecule has 0 fully saturated rings. The Morgan fingerprint density at radius 2 is 1.96 bits per heavy atom. The van der Waals surface area contributed by atoms with Crippen molar-refractivity contribution in [2.24, 2.45) is 0 Å². The number of aliphatic carboxylic acids is 1. The van der Waals surface area contributed by atoms with Gasteiger partial charge in [0.05, 0.1) is 11.3 Å². The van der Waals surface area contributed by atoms with Crippen LogP contribution in [0.15, 0.2) is 30.3 Å². The highest BCUT2D eigenvalue weighted by Crippen LogP contribution is 2.22. The van der Waals surface area contributed by atoms with Crippen molar-refractivity contribution in [2.45, 2.75) is 19.8 Å². The minimum Gasteiger partial charge on any atom is -0.481 e.